The number of alkyl halides is 9. The summed E-state index contributed by atoms with van der Waals surface area (Å²) in [6.07, 6.45) is -4.30. The number of nitrogens with zero attached hydrogens (tertiary/aromatic N) is 15. The molecule has 4 fully saturated rings. The second kappa shape index (κ2) is 43.4. The number of benzene rings is 7. The SMILES string of the molecule is CC(C)(C)OC(=O)N1CCC(c2noc(-c3ccc(-c4ccccc4)c(C(F)(F)F)c3)n2)CC1.CCOc1cc(-c2nc(C3CCN(C(=O)OC(C)(C)C)CC3)no2)ccc1C.CCOc1cc(-c2nc(C3CCN(C)CC3)no2)ccc1C.CN1CCC(c2noc(-c3ccc(-c4ccccc4)c(C(F)(F)F)c3)n2)CC1.FC(F)(F)c1cc(-c2nc(-c3ccncc3)no2)ccc1Cl. The number of ether oxygens (including phenoxy) is 4. The average molecular weight is 1880 g/mol. The highest BCUT2D eigenvalue weighted by atomic mass is 35.5. The van der Waals surface area contributed by atoms with Crippen LogP contribution in [0.1, 0.15) is 182 Å². The predicted octanol–water partition coefficient (Wildman–Crippen LogP) is 24.1. The highest BCUT2D eigenvalue weighted by Gasteiger charge is 2.39. The molecule has 0 spiro atoms. The standard InChI is InChI=1S/C25H26F3N3O3.C21H20F3N3O.C21H29N3O4.C17H23N3O2.C14H7ClF3N3O/c1-24(2,3)33-23(32)31-13-11-17(12-14-31)21-29-22(34-30-21)18-9-10-19(16-7-5-4-6-8-16)20(15-18)25(26,27)28;1-27-11-9-15(10-12-27)19-25-20(28-26-19)16-7-8-17(14-5-3-2-4-6-14)18(13-16)21(22,23)24;1-6-26-17-13-16(8-7-14(17)2)19-22-18(23-28-19)15-9-11-24(12-10-15)20(25)27-21(3,4)5;1-4-21-15-11-14(6-5-12(15)2)17-18-16(19-22-17)13-7-9-20(3)10-8-13;15-11-2-1-9(7-10(11)14(16,17)18)13-20-12(21-22-13)8-3-5-19-6-4-8/h4-10,15,17H,11-14H2,1-3H3;2-8,13,15H,9-12H2,1H3;7-8,13,15H,6,9-12H2,1-5H3;5-6,11,13H,4,7-10H2,1-3H3;1-7H. The van der Waals surface area contributed by atoms with Crippen LogP contribution in [0.5, 0.6) is 11.5 Å². The van der Waals surface area contributed by atoms with E-state index in [2.05, 4.69) is 79.6 Å². The summed E-state index contributed by atoms with van der Waals surface area (Å²) in [4.78, 5) is 58.3. The molecule has 0 N–H and O–H groups in total. The maximum Gasteiger partial charge on any atom is 0.417 e. The minimum atomic E-state index is -4.55. The van der Waals surface area contributed by atoms with E-state index in [9.17, 15) is 49.1 Å². The first-order valence-corrected chi connectivity index (χ1v) is 44.5. The third-order valence-corrected chi connectivity index (χ3v) is 23.0. The number of amides is 2. The van der Waals surface area contributed by atoms with Crippen molar-refractivity contribution >= 4 is 23.8 Å². The Labute approximate surface area is 774 Å². The van der Waals surface area contributed by atoms with Crippen LogP contribution in [0.15, 0.2) is 199 Å². The second-order valence-corrected chi connectivity index (χ2v) is 35.3. The summed E-state index contributed by atoms with van der Waals surface area (Å²) in [5.74, 6) is 6.41. The van der Waals surface area contributed by atoms with Crippen molar-refractivity contribution in [2.24, 2.45) is 0 Å². The lowest BCUT2D eigenvalue weighted by molar-refractivity contribution is -0.138. The summed E-state index contributed by atoms with van der Waals surface area (Å²) in [7, 11) is 4.21. The van der Waals surface area contributed by atoms with Gasteiger partial charge in [-0.25, -0.2) is 9.59 Å². The highest BCUT2D eigenvalue weighted by molar-refractivity contribution is 6.31. The van der Waals surface area contributed by atoms with Crippen molar-refractivity contribution in [3.63, 3.8) is 0 Å². The molecule has 13 aromatic rings. The molecule has 4 saturated heterocycles. The topological polar surface area (TPSA) is 292 Å². The van der Waals surface area contributed by atoms with E-state index in [4.69, 9.17) is 53.2 Å². The largest absolute Gasteiger partial charge is 0.494 e. The van der Waals surface area contributed by atoms with Crippen molar-refractivity contribution in [3.8, 4) is 102 Å². The lowest BCUT2D eigenvalue weighted by Crippen LogP contribution is -2.41. The Hall–Kier alpha value is -12.9. The van der Waals surface area contributed by atoms with Crippen LogP contribution >= 0.6 is 11.6 Å². The molecule has 26 nitrogen and oxygen atoms in total. The zero-order chi connectivity index (χ0) is 95.8. The molecule has 2 amide bonds. The lowest BCUT2D eigenvalue weighted by Gasteiger charge is -2.32. The van der Waals surface area contributed by atoms with Crippen molar-refractivity contribution < 1.29 is 90.7 Å². The summed E-state index contributed by atoms with van der Waals surface area (Å²) in [5.41, 5.74) is 2.95. The number of carbonyl (C=O) groups is 2. The third-order valence-electron chi connectivity index (χ3n) is 22.6. The summed E-state index contributed by atoms with van der Waals surface area (Å²) < 4.78 is 170. The number of aromatic nitrogens is 11. The van der Waals surface area contributed by atoms with Gasteiger partial charge in [-0.05, 0) is 273 Å². The zero-order valence-corrected chi connectivity index (χ0v) is 77.0. The van der Waals surface area contributed by atoms with Gasteiger partial charge in [-0.2, -0.15) is 64.4 Å². The van der Waals surface area contributed by atoms with E-state index in [0.29, 0.717) is 104 Å². The number of piperidine rings is 4. The first-order valence-electron chi connectivity index (χ1n) is 44.1. The van der Waals surface area contributed by atoms with E-state index >= 15 is 0 Å². The van der Waals surface area contributed by atoms with Gasteiger partial charge in [0.2, 0.25) is 5.82 Å². The molecule has 0 atom stereocenters. The number of hydrogen-bond acceptors (Lipinski definition) is 24. The van der Waals surface area contributed by atoms with Crippen molar-refractivity contribution in [3.05, 3.63) is 232 Å². The van der Waals surface area contributed by atoms with E-state index in [0.717, 1.165) is 129 Å². The van der Waals surface area contributed by atoms with Crippen LogP contribution in [0.4, 0.5) is 49.1 Å². The molecule has 0 radical (unpaired) electrons. The normalized spacial score (nSPS) is 15.3. The van der Waals surface area contributed by atoms with Gasteiger partial charge in [-0.15, -0.1) is 0 Å². The molecule has 7 aromatic carbocycles. The number of likely N-dealkylation sites (tertiary alicyclic amines) is 4. The van der Waals surface area contributed by atoms with Crippen molar-refractivity contribution in [2.45, 2.75) is 174 Å². The number of rotatable bonds is 16. The Morgan fingerprint density at radius 1 is 0.373 bits per heavy atom. The van der Waals surface area contributed by atoms with Crippen LogP contribution in [0.3, 0.4) is 0 Å². The fourth-order valence-electron chi connectivity index (χ4n) is 15.4. The van der Waals surface area contributed by atoms with E-state index in [-0.39, 0.29) is 86.3 Å². The van der Waals surface area contributed by atoms with E-state index in [1.165, 1.54) is 18.2 Å². The number of hydrogen-bond donors (Lipinski definition) is 0. The van der Waals surface area contributed by atoms with Gasteiger partial charge in [-0.1, -0.05) is 122 Å². The van der Waals surface area contributed by atoms with Crippen LogP contribution in [0, 0.1) is 13.8 Å². The van der Waals surface area contributed by atoms with Gasteiger partial charge in [0, 0.05) is 95.6 Å². The number of aryl methyl sites for hydroxylation is 2. The Balaban J connectivity index is 0.000000143. The molecular formula is C98H105ClF9N15O11. The minimum absolute atomic E-state index is 0.0195. The van der Waals surface area contributed by atoms with Gasteiger partial charge in [0.15, 0.2) is 23.3 Å². The van der Waals surface area contributed by atoms with Crippen LogP contribution < -0.4 is 9.47 Å². The van der Waals surface area contributed by atoms with Crippen LogP contribution in [0.2, 0.25) is 5.02 Å². The first-order chi connectivity index (χ1) is 63.8. The number of carbonyl (C=O) groups excluding carboxylic acids is 2. The molecule has 6 aromatic heterocycles. The molecule has 708 valence electrons. The van der Waals surface area contributed by atoms with E-state index in [1.807, 2.05) is 106 Å². The molecular weight excluding hydrogens is 1770 g/mol. The predicted molar refractivity (Wildman–Crippen MR) is 483 cm³/mol. The second-order valence-electron chi connectivity index (χ2n) is 34.9. The van der Waals surface area contributed by atoms with Gasteiger partial charge in [-0.3, -0.25) is 4.98 Å². The maximum absolute atomic E-state index is 13.8. The maximum atomic E-state index is 13.8. The Kier molecular flexibility index (Phi) is 32.0. The van der Waals surface area contributed by atoms with E-state index < -0.39 is 46.4 Å². The van der Waals surface area contributed by atoms with Crippen molar-refractivity contribution in [2.75, 3.05) is 79.7 Å². The molecule has 36 heteroatoms. The molecule has 0 unspecified atom stereocenters. The zero-order valence-electron chi connectivity index (χ0n) is 76.3. The molecule has 134 heavy (non-hydrogen) atoms. The molecule has 17 rings (SSSR count). The third kappa shape index (κ3) is 26.4. The Morgan fingerprint density at radius 2 is 0.679 bits per heavy atom. The molecule has 0 bridgehead atoms. The minimum Gasteiger partial charge on any atom is -0.494 e. The lowest BCUT2D eigenvalue weighted by atomic mass is 9.96. The Bertz CT molecular complexity index is 6030. The summed E-state index contributed by atoms with van der Waals surface area (Å²) >= 11 is 5.58. The van der Waals surface area contributed by atoms with Gasteiger partial charge in [0.1, 0.15) is 22.7 Å². The van der Waals surface area contributed by atoms with Crippen molar-refractivity contribution in [1.29, 1.82) is 0 Å². The van der Waals surface area contributed by atoms with Crippen LogP contribution in [-0.2, 0) is 28.0 Å². The molecule has 0 aliphatic carbocycles. The fraction of sp³-hybridized carbons (Fsp3) is 0.398. The number of halogens is 10. The monoisotopic (exact) mass is 1870 g/mol. The molecule has 4 aliphatic heterocycles. The molecule has 0 saturated carbocycles. The smallest absolute Gasteiger partial charge is 0.417 e. The van der Waals surface area contributed by atoms with Crippen molar-refractivity contribution in [1.82, 2.24) is 75.3 Å². The quantitative estimate of drug-likeness (QED) is 0.0812. The van der Waals surface area contributed by atoms with Gasteiger partial charge < -0.3 is 61.2 Å². The molecule has 10 heterocycles. The van der Waals surface area contributed by atoms with Gasteiger partial charge in [0.25, 0.3) is 29.5 Å². The first kappa shape index (κ1) is 98.6. The summed E-state index contributed by atoms with van der Waals surface area (Å²) in [6.45, 7) is 26.6. The summed E-state index contributed by atoms with van der Waals surface area (Å²) in [5, 5.41) is 19.8. The molecule has 4 aliphatic rings. The summed E-state index contributed by atoms with van der Waals surface area (Å²) in [6, 6.07) is 43.8. The fourth-order valence-corrected chi connectivity index (χ4v) is 15.6. The van der Waals surface area contributed by atoms with Gasteiger partial charge in [0.05, 0.1) is 34.9 Å². The van der Waals surface area contributed by atoms with Crippen LogP contribution in [0.25, 0.3) is 90.9 Å². The van der Waals surface area contributed by atoms with E-state index in [1.54, 1.807) is 107 Å². The average Bonchev–Trinajstić information content (AvgIpc) is 1.36. The highest BCUT2D eigenvalue weighted by Crippen LogP contribution is 2.44. The van der Waals surface area contributed by atoms with Crippen LogP contribution in [-0.4, -0.2) is 178 Å². The Morgan fingerprint density at radius 3 is 1.01 bits per heavy atom. The van der Waals surface area contributed by atoms with Gasteiger partial charge >= 0.3 is 30.7 Å². The number of pyridine rings is 1.